The quantitative estimate of drug-likeness (QED) is 0.706. The molecule has 0 unspecified atom stereocenters. The van der Waals surface area contributed by atoms with Crippen LogP contribution in [0.15, 0.2) is 18.2 Å². The van der Waals surface area contributed by atoms with Crippen molar-refractivity contribution >= 4 is 23.4 Å². The van der Waals surface area contributed by atoms with Crippen LogP contribution < -0.4 is 5.32 Å². The molecule has 0 amide bonds. The van der Waals surface area contributed by atoms with E-state index in [-0.39, 0.29) is 0 Å². The number of unbranched alkanes of at least 4 members (excludes halogenated alkanes) is 2. The lowest BCUT2D eigenvalue weighted by molar-refractivity contribution is 0.0698. The van der Waals surface area contributed by atoms with Gasteiger partial charge in [-0.1, -0.05) is 18.6 Å². The molecule has 100 valence electrons. The molecule has 1 rings (SSSR count). The molecule has 0 saturated heterocycles. The minimum absolute atomic E-state index is 0.360. The van der Waals surface area contributed by atoms with Crippen molar-refractivity contribution in [3.05, 3.63) is 29.3 Å². The van der Waals surface area contributed by atoms with Crippen LogP contribution in [0.5, 0.6) is 0 Å². The molecule has 0 spiro atoms. The number of carboxylic acids is 1. The summed E-state index contributed by atoms with van der Waals surface area (Å²) >= 11 is 1.87. The van der Waals surface area contributed by atoms with Gasteiger partial charge in [-0.2, -0.15) is 11.8 Å². The fraction of sp³-hybridized carbons (Fsp3) is 0.500. The second-order valence-electron chi connectivity index (χ2n) is 4.28. The molecule has 0 radical (unpaired) electrons. The fourth-order valence-corrected chi connectivity index (χ4v) is 2.33. The lowest BCUT2D eigenvalue weighted by atomic mass is 10.1. The predicted octanol–water partition coefficient (Wildman–Crippen LogP) is 3.64. The largest absolute Gasteiger partial charge is 0.478 e. The van der Waals surface area contributed by atoms with Crippen molar-refractivity contribution in [2.24, 2.45) is 0 Å². The number of para-hydroxylation sites is 1. The maximum atomic E-state index is 11.1. The smallest absolute Gasteiger partial charge is 0.337 e. The summed E-state index contributed by atoms with van der Waals surface area (Å²) in [5, 5.41) is 12.4. The van der Waals surface area contributed by atoms with Crippen molar-refractivity contribution in [2.45, 2.75) is 26.2 Å². The van der Waals surface area contributed by atoms with Crippen LogP contribution in [0.25, 0.3) is 0 Å². The Morgan fingerprint density at radius 2 is 2.11 bits per heavy atom. The van der Waals surface area contributed by atoms with Gasteiger partial charge in [-0.05, 0) is 43.4 Å². The Kier molecular flexibility index (Phi) is 6.65. The molecule has 1 aromatic carbocycles. The van der Waals surface area contributed by atoms with Crippen LogP contribution in [-0.4, -0.2) is 29.6 Å². The van der Waals surface area contributed by atoms with Crippen LogP contribution in [0.1, 0.15) is 35.2 Å². The Morgan fingerprint density at radius 3 is 2.78 bits per heavy atom. The van der Waals surface area contributed by atoms with Crippen molar-refractivity contribution < 1.29 is 9.90 Å². The molecule has 3 nitrogen and oxygen atoms in total. The zero-order valence-electron chi connectivity index (χ0n) is 11.0. The molecule has 2 N–H and O–H groups in total. The number of thioether (sulfide) groups is 1. The van der Waals surface area contributed by atoms with E-state index >= 15 is 0 Å². The lowest BCUT2D eigenvalue weighted by Gasteiger charge is -2.12. The Bertz CT molecular complexity index is 393. The second-order valence-corrected chi connectivity index (χ2v) is 5.27. The van der Waals surface area contributed by atoms with Gasteiger partial charge >= 0.3 is 5.97 Å². The van der Waals surface area contributed by atoms with Gasteiger partial charge in [0.15, 0.2) is 0 Å². The van der Waals surface area contributed by atoms with Crippen molar-refractivity contribution in [2.75, 3.05) is 23.9 Å². The third-order valence-corrected chi connectivity index (χ3v) is 3.53. The Labute approximate surface area is 113 Å². The topological polar surface area (TPSA) is 49.3 Å². The number of aryl methyl sites for hydroxylation is 1. The minimum Gasteiger partial charge on any atom is -0.478 e. The minimum atomic E-state index is -0.872. The van der Waals surface area contributed by atoms with Gasteiger partial charge in [0.2, 0.25) is 0 Å². The molecule has 0 aromatic heterocycles. The number of aromatic carboxylic acids is 1. The van der Waals surface area contributed by atoms with E-state index in [1.807, 2.05) is 24.8 Å². The molecule has 18 heavy (non-hydrogen) atoms. The summed E-state index contributed by atoms with van der Waals surface area (Å²) < 4.78 is 0. The second kappa shape index (κ2) is 8.03. The van der Waals surface area contributed by atoms with Crippen LogP contribution >= 0.6 is 11.8 Å². The van der Waals surface area contributed by atoms with Crippen molar-refractivity contribution in [1.82, 2.24) is 0 Å². The third-order valence-electron chi connectivity index (χ3n) is 2.83. The summed E-state index contributed by atoms with van der Waals surface area (Å²) in [5.41, 5.74) is 2.10. The van der Waals surface area contributed by atoms with Crippen LogP contribution in [0, 0.1) is 6.92 Å². The standard InChI is InChI=1S/C14H21NO2S/c1-11-7-6-8-12(14(16)17)13(11)15-9-4-3-5-10-18-2/h6-8,15H,3-5,9-10H2,1-2H3,(H,16,17). The average molecular weight is 267 g/mol. The van der Waals surface area contributed by atoms with Crippen LogP contribution in [0.3, 0.4) is 0 Å². The third kappa shape index (κ3) is 4.61. The first-order chi connectivity index (χ1) is 8.66. The highest BCUT2D eigenvalue weighted by atomic mass is 32.2. The van der Waals surface area contributed by atoms with E-state index in [0.29, 0.717) is 5.56 Å². The highest BCUT2D eigenvalue weighted by Gasteiger charge is 2.10. The van der Waals surface area contributed by atoms with Crippen molar-refractivity contribution in [3.63, 3.8) is 0 Å². The summed E-state index contributed by atoms with van der Waals surface area (Å²) in [6, 6.07) is 5.36. The van der Waals surface area contributed by atoms with Crippen LogP contribution in [0.2, 0.25) is 0 Å². The zero-order valence-corrected chi connectivity index (χ0v) is 11.8. The summed E-state index contributed by atoms with van der Waals surface area (Å²) in [5.74, 6) is 0.327. The number of benzene rings is 1. The number of hydrogen-bond donors (Lipinski definition) is 2. The molecule has 0 fully saturated rings. The molecule has 0 aliphatic rings. The van der Waals surface area contributed by atoms with Crippen LogP contribution in [-0.2, 0) is 0 Å². The summed E-state index contributed by atoms with van der Waals surface area (Å²) in [7, 11) is 0. The Morgan fingerprint density at radius 1 is 1.33 bits per heavy atom. The Hall–Kier alpha value is -1.16. The molecule has 1 aromatic rings. The van der Waals surface area contributed by atoms with Crippen LogP contribution in [0.4, 0.5) is 5.69 Å². The SMILES string of the molecule is CSCCCCCNc1c(C)cccc1C(=O)O. The van der Waals surface area contributed by atoms with Gasteiger partial charge in [0, 0.05) is 6.54 Å². The van der Waals surface area contributed by atoms with E-state index < -0.39 is 5.97 Å². The van der Waals surface area contributed by atoms with E-state index in [2.05, 4.69) is 11.6 Å². The molecule has 0 bridgehead atoms. The van der Waals surface area contributed by atoms with E-state index in [9.17, 15) is 4.79 Å². The summed E-state index contributed by atoms with van der Waals surface area (Å²) in [6.07, 6.45) is 5.60. The van der Waals surface area contributed by atoms with E-state index in [1.54, 1.807) is 12.1 Å². The van der Waals surface area contributed by atoms with Gasteiger partial charge in [-0.25, -0.2) is 4.79 Å². The van der Waals surface area contributed by atoms with Gasteiger partial charge in [0.05, 0.1) is 11.3 Å². The fourth-order valence-electron chi connectivity index (χ4n) is 1.84. The highest BCUT2D eigenvalue weighted by Crippen LogP contribution is 2.20. The number of nitrogens with one attached hydrogen (secondary N) is 1. The lowest BCUT2D eigenvalue weighted by Crippen LogP contribution is -2.09. The summed E-state index contributed by atoms with van der Waals surface area (Å²) in [6.45, 7) is 2.77. The molecular weight excluding hydrogens is 246 g/mol. The number of carbonyl (C=O) groups is 1. The molecule has 0 heterocycles. The Balaban J connectivity index is 2.48. The van der Waals surface area contributed by atoms with Gasteiger partial charge in [0.1, 0.15) is 0 Å². The number of hydrogen-bond acceptors (Lipinski definition) is 3. The maximum absolute atomic E-state index is 11.1. The van der Waals surface area contributed by atoms with Gasteiger partial charge in [0.25, 0.3) is 0 Å². The molecular formula is C14H21NO2S. The van der Waals surface area contributed by atoms with Gasteiger partial charge in [-0.15, -0.1) is 0 Å². The van der Waals surface area contributed by atoms with Crippen molar-refractivity contribution in [1.29, 1.82) is 0 Å². The number of anilines is 1. The van der Waals surface area contributed by atoms with E-state index in [4.69, 9.17) is 5.11 Å². The normalized spacial score (nSPS) is 10.3. The molecule has 0 aliphatic carbocycles. The highest BCUT2D eigenvalue weighted by molar-refractivity contribution is 7.98. The molecule has 0 atom stereocenters. The van der Waals surface area contributed by atoms with Gasteiger partial charge < -0.3 is 10.4 Å². The number of carboxylic acid groups (broad SMARTS) is 1. The average Bonchev–Trinajstić information content (AvgIpc) is 2.34. The van der Waals surface area contributed by atoms with Crippen molar-refractivity contribution in [3.8, 4) is 0 Å². The maximum Gasteiger partial charge on any atom is 0.337 e. The van der Waals surface area contributed by atoms with Gasteiger partial charge in [-0.3, -0.25) is 0 Å². The summed E-state index contributed by atoms with van der Waals surface area (Å²) in [4.78, 5) is 11.1. The predicted molar refractivity (Wildman–Crippen MR) is 78.9 cm³/mol. The molecule has 4 heteroatoms. The first-order valence-corrected chi connectivity index (χ1v) is 7.62. The monoisotopic (exact) mass is 267 g/mol. The number of rotatable bonds is 8. The first kappa shape index (κ1) is 14.9. The molecule has 0 aliphatic heterocycles. The van der Waals surface area contributed by atoms with E-state index in [1.165, 1.54) is 18.6 Å². The first-order valence-electron chi connectivity index (χ1n) is 6.22. The zero-order chi connectivity index (χ0) is 13.4. The molecule has 0 saturated carbocycles. The van der Waals surface area contributed by atoms with E-state index in [0.717, 1.165) is 24.2 Å².